The predicted molar refractivity (Wildman–Crippen MR) is 114 cm³/mol. The fourth-order valence-electron chi connectivity index (χ4n) is 2.80. The Morgan fingerprint density at radius 1 is 1.34 bits per heavy atom. The number of rotatable bonds is 8. The van der Waals surface area contributed by atoms with Crippen molar-refractivity contribution in [3.8, 4) is 0 Å². The number of carbonyl (C=O) groups excluding carboxylic acids is 1. The van der Waals surface area contributed by atoms with Crippen LogP contribution in [0.5, 0.6) is 0 Å². The molecule has 0 atom stereocenters. The van der Waals surface area contributed by atoms with Crippen molar-refractivity contribution in [1.29, 1.82) is 0 Å². The Kier molecular flexibility index (Phi) is 6.92. The summed E-state index contributed by atoms with van der Waals surface area (Å²) < 4.78 is 15.6. The SMILES string of the molecule is CSc1nc(NC(C)C)c2cnn(CCNC(=O)Cc3c(F)cccc3Cl)c2n1. The summed E-state index contributed by atoms with van der Waals surface area (Å²) in [4.78, 5) is 21.2. The van der Waals surface area contributed by atoms with Gasteiger partial charge in [0.2, 0.25) is 5.91 Å². The minimum Gasteiger partial charge on any atom is -0.367 e. The first-order valence-corrected chi connectivity index (χ1v) is 10.7. The Balaban J connectivity index is 1.68. The van der Waals surface area contributed by atoms with Crippen LogP contribution in [0.3, 0.4) is 0 Å². The Morgan fingerprint density at radius 3 is 2.83 bits per heavy atom. The van der Waals surface area contributed by atoms with E-state index in [2.05, 4.69) is 25.7 Å². The summed E-state index contributed by atoms with van der Waals surface area (Å²) in [5.74, 6) is -0.0638. The molecule has 0 saturated heterocycles. The number of halogens is 2. The third-order valence-corrected chi connectivity index (χ3v) is 5.03. The van der Waals surface area contributed by atoms with Gasteiger partial charge in [-0.1, -0.05) is 29.4 Å². The van der Waals surface area contributed by atoms with Gasteiger partial charge in [0.05, 0.1) is 24.5 Å². The fourth-order valence-corrected chi connectivity index (χ4v) is 3.39. The summed E-state index contributed by atoms with van der Waals surface area (Å²) in [6, 6.07) is 4.58. The molecule has 10 heteroatoms. The van der Waals surface area contributed by atoms with Crippen LogP contribution in [0, 0.1) is 5.82 Å². The summed E-state index contributed by atoms with van der Waals surface area (Å²) >= 11 is 7.43. The molecule has 2 heterocycles. The summed E-state index contributed by atoms with van der Waals surface area (Å²) in [6.07, 6.45) is 3.51. The van der Waals surface area contributed by atoms with Crippen molar-refractivity contribution in [2.24, 2.45) is 0 Å². The maximum Gasteiger partial charge on any atom is 0.224 e. The first-order valence-electron chi connectivity index (χ1n) is 9.12. The molecule has 2 N–H and O–H groups in total. The van der Waals surface area contributed by atoms with E-state index in [0.717, 1.165) is 11.2 Å². The standard InChI is InChI=1S/C19H22ClFN6OS/c1-11(2)24-17-13-10-23-27(18(13)26-19(25-17)29-3)8-7-22-16(28)9-12-14(20)5-4-6-15(12)21/h4-6,10-11H,7-9H2,1-3H3,(H,22,28)(H,24,25,26). The molecule has 29 heavy (non-hydrogen) atoms. The maximum absolute atomic E-state index is 13.8. The quantitative estimate of drug-likeness (QED) is 0.415. The number of nitrogens with zero attached hydrogens (tertiary/aromatic N) is 4. The lowest BCUT2D eigenvalue weighted by Crippen LogP contribution is -2.29. The number of fused-ring (bicyclic) bond motifs is 1. The normalized spacial score (nSPS) is 11.2. The Labute approximate surface area is 177 Å². The van der Waals surface area contributed by atoms with Crippen molar-refractivity contribution in [3.05, 3.63) is 40.8 Å². The van der Waals surface area contributed by atoms with Crippen LogP contribution in [0.2, 0.25) is 5.02 Å². The van der Waals surface area contributed by atoms with Crippen LogP contribution in [0.25, 0.3) is 11.0 Å². The zero-order chi connectivity index (χ0) is 21.0. The first kappa shape index (κ1) is 21.3. The summed E-state index contributed by atoms with van der Waals surface area (Å²) in [7, 11) is 0. The van der Waals surface area contributed by atoms with Gasteiger partial charge < -0.3 is 10.6 Å². The molecule has 3 rings (SSSR count). The summed E-state index contributed by atoms with van der Waals surface area (Å²) in [5.41, 5.74) is 0.886. The molecule has 0 fully saturated rings. The van der Waals surface area contributed by atoms with E-state index in [9.17, 15) is 9.18 Å². The van der Waals surface area contributed by atoms with Gasteiger partial charge in [-0.25, -0.2) is 19.0 Å². The van der Waals surface area contributed by atoms with Crippen molar-refractivity contribution < 1.29 is 9.18 Å². The van der Waals surface area contributed by atoms with E-state index < -0.39 is 5.82 Å². The van der Waals surface area contributed by atoms with E-state index in [4.69, 9.17) is 11.6 Å². The molecule has 0 unspecified atom stereocenters. The molecule has 154 valence electrons. The zero-order valence-electron chi connectivity index (χ0n) is 16.4. The number of anilines is 1. The summed E-state index contributed by atoms with van der Waals surface area (Å²) in [6.45, 7) is 4.82. The summed E-state index contributed by atoms with van der Waals surface area (Å²) in [5, 5.41) is 12.2. The molecule has 0 radical (unpaired) electrons. The van der Waals surface area contributed by atoms with Gasteiger partial charge in [0.1, 0.15) is 11.6 Å². The molecule has 0 aliphatic heterocycles. The van der Waals surface area contributed by atoms with Gasteiger partial charge >= 0.3 is 0 Å². The van der Waals surface area contributed by atoms with Crippen molar-refractivity contribution in [2.45, 2.75) is 38.0 Å². The van der Waals surface area contributed by atoms with E-state index in [1.165, 1.54) is 23.9 Å². The van der Waals surface area contributed by atoms with Gasteiger partial charge in [0.15, 0.2) is 10.8 Å². The number of aromatic nitrogens is 4. The lowest BCUT2D eigenvalue weighted by molar-refractivity contribution is -0.120. The molecule has 0 spiro atoms. The van der Waals surface area contributed by atoms with Crippen molar-refractivity contribution in [3.63, 3.8) is 0 Å². The largest absolute Gasteiger partial charge is 0.367 e. The fraction of sp³-hybridized carbons (Fsp3) is 0.368. The molecule has 0 aliphatic carbocycles. The highest BCUT2D eigenvalue weighted by molar-refractivity contribution is 7.98. The third kappa shape index (κ3) is 5.16. The Bertz CT molecular complexity index is 1010. The molecular weight excluding hydrogens is 415 g/mol. The molecule has 7 nitrogen and oxygen atoms in total. The lowest BCUT2D eigenvalue weighted by atomic mass is 10.1. The highest BCUT2D eigenvalue weighted by atomic mass is 35.5. The average molecular weight is 437 g/mol. The number of carbonyl (C=O) groups is 1. The molecule has 0 bridgehead atoms. The maximum atomic E-state index is 13.8. The number of hydrogen-bond donors (Lipinski definition) is 2. The third-order valence-electron chi connectivity index (χ3n) is 4.13. The smallest absolute Gasteiger partial charge is 0.224 e. The minimum absolute atomic E-state index is 0.118. The monoisotopic (exact) mass is 436 g/mol. The molecular formula is C19H22ClFN6OS. The van der Waals surface area contributed by atoms with Crippen LogP contribution >= 0.6 is 23.4 Å². The van der Waals surface area contributed by atoms with Gasteiger partial charge in [-0.15, -0.1) is 0 Å². The molecule has 2 aromatic heterocycles. The first-order chi connectivity index (χ1) is 13.9. The zero-order valence-corrected chi connectivity index (χ0v) is 17.9. The topological polar surface area (TPSA) is 84.7 Å². The molecule has 0 aliphatic rings. The molecule has 0 saturated carbocycles. The highest BCUT2D eigenvalue weighted by Gasteiger charge is 2.15. The minimum atomic E-state index is -0.489. The highest BCUT2D eigenvalue weighted by Crippen LogP contribution is 2.24. The molecule has 1 amide bonds. The van der Waals surface area contributed by atoms with Gasteiger partial charge in [-0.2, -0.15) is 5.10 Å². The van der Waals surface area contributed by atoms with Gasteiger partial charge in [0, 0.05) is 23.2 Å². The number of amides is 1. The van der Waals surface area contributed by atoms with Crippen LogP contribution in [0.15, 0.2) is 29.6 Å². The van der Waals surface area contributed by atoms with Crippen LogP contribution in [0.4, 0.5) is 10.2 Å². The van der Waals surface area contributed by atoms with E-state index in [-0.39, 0.29) is 29.0 Å². The second kappa shape index (κ2) is 9.41. The second-order valence-electron chi connectivity index (χ2n) is 6.69. The van der Waals surface area contributed by atoms with Crippen molar-refractivity contribution in [2.75, 3.05) is 18.1 Å². The van der Waals surface area contributed by atoms with Crippen LogP contribution in [-0.4, -0.2) is 44.5 Å². The molecule has 3 aromatic rings. The average Bonchev–Trinajstić information content (AvgIpc) is 3.07. The predicted octanol–water partition coefficient (Wildman–Crippen LogP) is 3.52. The van der Waals surface area contributed by atoms with Crippen LogP contribution in [0.1, 0.15) is 19.4 Å². The second-order valence-corrected chi connectivity index (χ2v) is 7.87. The van der Waals surface area contributed by atoms with Gasteiger partial charge in [-0.05, 0) is 32.2 Å². The molecule has 1 aromatic carbocycles. The van der Waals surface area contributed by atoms with E-state index in [1.807, 2.05) is 20.1 Å². The van der Waals surface area contributed by atoms with Crippen molar-refractivity contribution >= 4 is 46.1 Å². The van der Waals surface area contributed by atoms with Crippen LogP contribution < -0.4 is 10.6 Å². The number of hydrogen-bond acceptors (Lipinski definition) is 6. The lowest BCUT2D eigenvalue weighted by Gasteiger charge is -2.11. The van der Waals surface area contributed by atoms with Gasteiger partial charge in [-0.3, -0.25) is 4.79 Å². The van der Waals surface area contributed by atoms with Crippen molar-refractivity contribution in [1.82, 2.24) is 25.1 Å². The van der Waals surface area contributed by atoms with E-state index in [1.54, 1.807) is 16.9 Å². The number of thioether (sulfide) groups is 1. The van der Waals surface area contributed by atoms with Crippen LogP contribution in [-0.2, 0) is 17.8 Å². The Hall–Kier alpha value is -2.39. The van der Waals surface area contributed by atoms with E-state index in [0.29, 0.717) is 23.9 Å². The number of nitrogens with one attached hydrogen (secondary N) is 2. The van der Waals surface area contributed by atoms with E-state index >= 15 is 0 Å². The Morgan fingerprint density at radius 2 is 2.14 bits per heavy atom. The number of benzene rings is 1. The van der Waals surface area contributed by atoms with Gasteiger partial charge in [0.25, 0.3) is 0 Å².